The van der Waals surface area contributed by atoms with Crippen LogP contribution in [0.25, 0.3) is 5.69 Å². The molecule has 2 rings (SSSR count). The van der Waals surface area contributed by atoms with E-state index < -0.39 is 10.0 Å². The summed E-state index contributed by atoms with van der Waals surface area (Å²) in [4.78, 5) is 3.94. The summed E-state index contributed by atoms with van der Waals surface area (Å²) < 4.78 is 27.4. The molecular weight excluding hydrogens is 274 g/mol. The van der Waals surface area contributed by atoms with Gasteiger partial charge in [0.15, 0.2) is 0 Å². The van der Waals surface area contributed by atoms with Crippen LogP contribution in [0.4, 0.5) is 5.69 Å². The first-order valence-corrected chi connectivity index (χ1v) is 7.44. The molecule has 5 nitrogen and oxygen atoms in total. The summed E-state index contributed by atoms with van der Waals surface area (Å²) in [6.45, 7) is 0. The van der Waals surface area contributed by atoms with Gasteiger partial charge in [-0.25, -0.2) is 13.4 Å². The van der Waals surface area contributed by atoms with Gasteiger partial charge in [0.2, 0.25) is 10.0 Å². The number of nitrogens with zero attached hydrogens (tertiary/aromatic N) is 2. The van der Waals surface area contributed by atoms with E-state index in [1.165, 1.54) is 0 Å². The van der Waals surface area contributed by atoms with Crippen molar-refractivity contribution in [2.45, 2.75) is 0 Å². The van der Waals surface area contributed by atoms with Crippen molar-refractivity contribution in [1.29, 1.82) is 0 Å². The molecule has 1 aromatic heterocycles. The fourth-order valence-corrected chi connectivity index (χ4v) is 2.87. The van der Waals surface area contributed by atoms with E-state index in [1.807, 2.05) is 6.07 Å². The average Bonchev–Trinajstić information content (AvgIpc) is 2.81. The Morgan fingerprint density at radius 2 is 2.22 bits per heavy atom. The fraction of sp³-hybridized carbons (Fsp3) is 0.182. The molecule has 1 aromatic carbocycles. The number of imidazole rings is 1. The van der Waals surface area contributed by atoms with Gasteiger partial charge in [-0.05, 0) is 18.2 Å². The van der Waals surface area contributed by atoms with Gasteiger partial charge in [-0.1, -0.05) is 6.07 Å². The number of hydrogen-bond donors (Lipinski definition) is 1. The molecule has 2 aromatic rings. The van der Waals surface area contributed by atoms with Gasteiger partial charge in [-0.2, -0.15) is 0 Å². The van der Waals surface area contributed by atoms with E-state index in [0.717, 1.165) is 5.69 Å². The minimum atomic E-state index is -3.38. The van der Waals surface area contributed by atoms with Crippen LogP contribution in [0.3, 0.4) is 0 Å². The SMILES string of the molecule is O=S(=O)(CCCl)Nc1cccc(-n2ccnc2)c1. The Morgan fingerprint density at radius 3 is 2.89 bits per heavy atom. The van der Waals surface area contributed by atoms with Gasteiger partial charge in [-0.15, -0.1) is 11.6 Å². The van der Waals surface area contributed by atoms with Crippen molar-refractivity contribution >= 4 is 27.3 Å². The highest BCUT2D eigenvalue weighted by Gasteiger charge is 2.09. The molecule has 0 fully saturated rings. The molecule has 1 N–H and O–H groups in total. The lowest BCUT2D eigenvalue weighted by Gasteiger charge is -2.08. The third-order valence-electron chi connectivity index (χ3n) is 2.27. The van der Waals surface area contributed by atoms with Gasteiger partial charge >= 0.3 is 0 Å². The molecule has 0 aliphatic rings. The van der Waals surface area contributed by atoms with Gasteiger partial charge in [0.05, 0.1) is 17.8 Å². The van der Waals surface area contributed by atoms with Crippen molar-refractivity contribution in [2.24, 2.45) is 0 Å². The fourth-order valence-electron chi connectivity index (χ4n) is 1.47. The Labute approximate surface area is 110 Å². The predicted molar refractivity (Wildman–Crippen MR) is 71.7 cm³/mol. The molecule has 96 valence electrons. The summed E-state index contributed by atoms with van der Waals surface area (Å²) in [5, 5.41) is 0. The van der Waals surface area contributed by atoms with E-state index in [2.05, 4.69) is 9.71 Å². The average molecular weight is 286 g/mol. The second-order valence-electron chi connectivity index (χ2n) is 3.63. The lowest BCUT2D eigenvalue weighted by molar-refractivity contribution is 0.602. The third-order valence-corrected chi connectivity index (χ3v) is 3.97. The van der Waals surface area contributed by atoms with E-state index in [1.54, 1.807) is 41.5 Å². The van der Waals surface area contributed by atoms with Crippen LogP contribution in [0.2, 0.25) is 0 Å². The van der Waals surface area contributed by atoms with Gasteiger partial charge in [0.1, 0.15) is 0 Å². The molecule has 0 saturated carbocycles. The maximum absolute atomic E-state index is 11.6. The van der Waals surface area contributed by atoms with Crippen LogP contribution in [0, 0.1) is 0 Å². The van der Waals surface area contributed by atoms with Gasteiger partial charge in [0.25, 0.3) is 0 Å². The van der Waals surface area contributed by atoms with E-state index >= 15 is 0 Å². The standard InChI is InChI=1S/C11H12ClN3O2S/c12-4-7-18(16,17)14-10-2-1-3-11(8-10)15-6-5-13-9-15/h1-3,5-6,8-9,14H,4,7H2. The summed E-state index contributed by atoms with van der Waals surface area (Å²) in [6.07, 6.45) is 5.09. The van der Waals surface area contributed by atoms with Crippen molar-refractivity contribution in [1.82, 2.24) is 9.55 Å². The highest BCUT2D eigenvalue weighted by molar-refractivity contribution is 7.92. The molecular formula is C11H12ClN3O2S. The topological polar surface area (TPSA) is 64.0 Å². The number of hydrogen-bond acceptors (Lipinski definition) is 3. The predicted octanol–water partition coefficient (Wildman–Crippen LogP) is 1.85. The van der Waals surface area contributed by atoms with Gasteiger partial charge in [0, 0.05) is 24.0 Å². The monoisotopic (exact) mass is 285 g/mol. The van der Waals surface area contributed by atoms with Crippen LogP contribution in [0.1, 0.15) is 0 Å². The molecule has 0 spiro atoms. The first-order chi connectivity index (χ1) is 8.61. The minimum absolute atomic E-state index is 0.0660. The molecule has 0 radical (unpaired) electrons. The first kappa shape index (κ1) is 12.9. The quantitative estimate of drug-likeness (QED) is 0.853. The maximum atomic E-state index is 11.6. The van der Waals surface area contributed by atoms with E-state index in [9.17, 15) is 8.42 Å². The number of alkyl halides is 1. The lowest BCUT2D eigenvalue weighted by atomic mass is 10.3. The number of anilines is 1. The van der Waals surface area contributed by atoms with Crippen molar-refractivity contribution < 1.29 is 8.42 Å². The zero-order chi connectivity index (χ0) is 13.0. The van der Waals surface area contributed by atoms with Crippen LogP contribution in [-0.4, -0.2) is 29.6 Å². The van der Waals surface area contributed by atoms with Crippen molar-refractivity contribution in [2.75, 3.05) is 16.4 Å². The molecule has 0 atom stereocenters. The third kappa shape index (κ3) is 3.24. The van der Waals surface area contributed by atoms with Crippen LogP contribution >= 0.6 is 11.6 Å². The molecule has 0 unspecified atom stereocenters. The lowest BCUT2D eigenvalue weighted by Crippen LogP contribution is -2.17. The molecule has 1 heterocycles. The van der Waals surface area contributed by atoms with Gasteiger partial charge < -0.3 is 4.57 Å². The van der Waals surface area contributed by atoms with Crippen molar-refractivity contribution in [3.8, 4) is 5.69 Å². The largest absolute Gasteiger partial charge is 0.306 e. The smallest absolute Gasteiger partial charge is 0.233 e. The highest BCUT2D eigenvalue weighted by atomic mass is 35.5. The Hall–Kier alpha value is -1.53. The van der Waals surface area contributed by atoms with Crippen molar-refractivity contribution in [3.05, 3.63) is 43.0 Å². The Bertz CT molecular complexity index is 611. The molecule has 0 amide bonds. The zero-order valence-electron chi connectivity index (χ0n) is 9.45. The van der Waals surface area contributed by atoms with Crippen molar-refractivity contribution in [3.63, 3.8) is 0 Å². The Balaban J connectivity index is 2.23. The molecule has 0 aliphatic heterocycles. The number of rotatable bonds is 5. The number of sulfonamides is 1. The minimum Gasteiger partial charge on any atom is -0.306 e. The summed E-state index contributed by atoms with van der Waals surface area (Å²) >= 11 is 5.43. The van der Waals surface area contributed by atoms with E-state index in [0.29, 0.717) is 5.69 Å². The number of halogens is 1. The second-order valence-corrected chi connectivity index (χ2v) is 5.85. The van der Waals surface area contributed by atoms with Crippen LogP contribution in [0.5, 0.6) is 0 Å². The summed E-state index contributed by atoms with van der Waals surface area (Å²) in [6, 6.07) is 7.05. The zero-order valence-corrected chi connectivity index (χ0v) is 11.0. The summed E-state index contributed by atoms with van der Waals surface area (Å²) in [5.74, 6) is -0.0413. The van der Waals surface area contributed by atoms with Crippen LogP contribution < -0.4 is 4.72 Å². The normalized spacial score (nSPS) is 11.4. The number of benzene rings is 1. The Morgan fingerprint density at radius 1 is 1.39 bits per heavy atom. The second kappa shape index (κ2) is 5.41. The van der Waals surface area contributed by atoms with E-state index in [-0.39, 0.29) is 11.6 Å². The maximum Gasteiger partial charge on any atom is 0.233 e. The first-order valence-electron chi connectivity index (χ1n) is 5.25. The molecule has 0 bridgehead atoms. The van der Waals surface area contributed by atoms with E-state index in [4.69, 9.17) is 11.6 Å². The summed E-state index contributed by atoms with van der Waals surface area (Å²) in [5.41, 5.74) is 1.34. The number of aromatic nitrogens is 2. The molecule has 0 saturated heterocycles. The van der Waals surface area contributed by atoms with Gasteiger partial charge in [-0.3, -0.25) is 4.72 Å². The molecule has 18 heavy (non-hydrogen) atoms. The highest BCUT2D eigenvalue weighted by Crippen LogP contribution is 2.15. The molecule has 7 heteroatoms. The van der Waals surface area contributed by atoms with Crippen LogP contribution in [0.15, 0.2) is 43.0 Å². The summed E-state index contributed by atoms with van der Waals surface area (Å²) in [7, 11) is -3.38. The number of nitrogens with one attached hydrogen (secondary N) is 1. The molecule has 0 aliphatic carbocycles. The Kier molecular flexibility index (Phi) is 3.88. The van der Waals surface area contributed by atoms with Crippen LogP contribution in [-0.2, 0) is 10.0 Å².